The van der Waals surface area contributed by atoms with Gasteiger partial charge in [-0.05, 0) is 49.7 Å². The second kappa shape index (κ2) is 8.06. The van der Waals surface area contributed by atoms with E-state index in [9.17, 15) is 9.18 Å². The van der Waals surface area contributed by atoms with Gasteiger partial charge < -0.3 is 10.2 Å². The number of nitrogens with zero attached hydrogens (tertiary/aromatic N) is 1. The summed E-state index contributed by atoms with van der Waals surface area (Å²) in [6.07, 6.45) is 0.636. The van der Waals surface area contributed by atoms with Crippen LogP contribution in [0.15, 0.2) is 41.8 Å². The van der Waals surface area contributed by atoms with Crippen LogP contribution >= 0.6 is 11.3 Å². The Morgan fingerprint density at radius 1 is 1.27 bits per heavy atom. The molecule has 1 unspecified atom stereocenters. The van der Waals surface area contributed by atoms with E-state index in [0.717, 1.165) is 17.0 Å². The Bertz CT molecular complexity index is 581. The summed E-state index contributed by atoms with van der Waals surface area (Å²) >= 11 is 1.63. The number of carbonyl (C=O) groups excluding carboxylic acids is 1. The number of carbonyl (C=O) groups is 1. The molecule has 2 rings (SSSR count). The van der Waals surface area contributed by atoms with Gasteiger partial charge in [-0.25, -0.2) is 4.39 Å². The second-order valence-electron chi connectivity index (χ2n) is 5.48. The van der Waals surface area contributed by atoms with Gasteiger partial charge in [0.1, 0.15) is 5.82 Å². The van der Waals surface area contributed by atoms with E-state index < -0.39 is 0 Å². The summed E-state index contributed by atoms with van der Waals surface area (Å²) in [6, 6.07) is 10.2. The van der Waals surface area contributed by atoms with Crippen molar-refractivity contribution in [2.45, 2.75) is 12.3 Å². The molecule has 1 N–H and O–H groups in total. The number of thiophene rings is 1. The van der Waals surface area contributed by atoms with Crippen LogP contribution in [0, 0.1) is 5.82 Å². The highest BCUT2D eigenvalue weighted by molar-refractivity contribution is 7.09. The lowest BCUT2D eigenvalue weighted by atomic mass is 9.94. The molecule has 0 fully saturated rings. The van der Waals surface area contributed by atoms with Crippen LogP contribution < -0.4 is 5.32 Å². The molecule has 1 aromatic carbocycles. The fraction of sp³-hybridized carbons (Fsp3) is 0.353. The molecule has 0 aliphatic rings. The van der Waals surface area contributed by atoms with Crippen molar-refractivity contribution in [1.82, 2.24) is 10.2 Å². The molecule has 5 heteroatoms. The van der Waals surface area contributed by atoms with Gasteiger partial charge in [0.2, 0.25) is 5.91 Å². The molecule has 0 saturated heterocycles. The number of nitrogens with one attached hydrogen (secondary N) is 1. The molecular weight excluding hydrogens is 299 g/mol. The minimum Gasteiger partial charge on any atom is -0.354 e. The van der Waals surface area contributed by atoms with E-state index in [1.54, 1.807) is 23.5 Å². The largest absolute Gasteiger partial charge is 0.354 e. The first kappa shape index (κ1) is 16.6. The van der Waals surface area contributed by atoms with Gasteiger partial charge in [-0.3, -0.25) is 4.79 Å². The lowest BCUT2D eigenvalue weighted by molar-refractivity contribution is -0.122. The van der Waals surface area contributed by atoms with E-state index in [1.807, 2.05) is 36.5 Å². The fourth-order valence-corrected chi connectivity index (χ4v) is 2.96. The molecule has 1 aromatic heterocycles. The normalized spacial score (nSPS) is 12.4. The zero-order valence-electron chi connectivity index (χ0n) is 12.9. The van der Waals surface area contributed by atoms with Gasteiger partial charge in [0.05, 0.1) is 5.92 Å². The van der Waals surface area contributed by atoms with Crippen LogP contribution in [0.1, 0.15) is 16.4 Å². The van der Waals surface area contributed by atoms with Crippen molar-refractivity contribution in [3.8, 4) is 0 Å². The zero-order chi connectivity index (χ0) is 15.9. The summed E-state index contributed by atoms with van der Waals surface area (Å²) in [6.45, 7) is 1.40. The average Bonchev–Trinajstić information content (AvgIpc) is 2.98. The van der Waals surface area contributed by atoms with Crippen LogP contribution in [0.3, 0.4) is 0 Å². The quantitative estimate of drug-likeness (QED) is 0.851. The molecule has 0 aliphatic heterocycles. The number of hydrogen-bond donors (Lipinski definition) is 1. The minimum absolute atomic E-state index is 0.0122. The molecule has 1 heterocycles. The summed E-state index contributed by atoms with van der Waals surface area (Å²) in [5.41, 5.74) is 0.845. The van der Waals surface area contributed by atoms with Gasteiger partial charge in [0, 0.05) is 18.0 Å². The second-order valence-corrected chi connectivity index (χ2v) is 6.51. The highest BCUT2D eigenvalue weighted by atomic mass is 32.1. The van der Waals surface area contributed by atoms with Gasteiger partial charge in [-0.2, -0.15) is 0 Å². The third-order valence-corrected chi connectivity index (χ3v) is 4.33. The Labute approximate surface area is 134 Å². The SMILES string of the molecule is CN(C)CCNC(=O)C(Cc1cccs1)c1ccc(F)cc1. The van der Waals surface area contributed by atoms with Crippen LogP contribution in [0.2, 0.25) is 0 Å². The Hall–Kier alpha value is -1.72. The van der Waals surface area contributed by atoms with E-state index in [4.69, 9.17) is 0 Å². The van der Waals surface area contributed by atoms with E-state index in [2.05, 4.69) is 5.32 Å². The van der Waals surface area contributed by atoms with Crippen LogP contribution in [-0.2, 0) is 11.2 Å². The zero-order valence-corrected chi connectivity index (χ0v) is 13.7. The summed E-state index contributed by atoms with van der Waals surface area (Å²) in [7, 11) is 3.94. The molecule has 1 atom stereocenters. The molecule has 0 saturated carbocycles. The lowest BCUT2D eigenvalue weighted by Gasteiger charge is -2.18. The van der Waals surface area contributed by atoms with Crippen molar-refractivity contribution in [1.29, 1.82) is 0 Å². The molecule has 2 aromatic rings. The van der Waals surface area contributed by atoms with Crippen molar-refractivity contribution < 1.29 is 9.18 Å². The molecule has 1 amide bonds. The van der Waals surface area contributed by atoms with Crippen molar-refractivity contribution in [2.24, 2.45) is 0 Å². The first-order valence-electron chi connectivity index (χ1n) is 7.26. The maximum absolute atomic E-state index is 13.1. The highest BCUT2D eigenvalue weighted by Crippen LogP contribution is 2.24. The van der Waals surface area contributed by atoms with E-state index >= 15 is 0 Å². The first-order valence-corrected chi connectivity index (χ1v) is 8.14. The smallest absolute Gasteiger partial charge is 0.227 e. The predicted octanol–water partition coefficient (Wildman–Crippen LogP) is 2.89. The number of amides is 1. The third kappa shape index (κ3) is 4.93. The van der Waals surface area contributed by atoms with E-state index in [1.165, 1.54) is 12.1 Å². The third-order valence-electron chi connectivity index (χ3n) is 3.43. The predicted molar refractivity (Wildman–Crippen MR) is 88.7 cm³/mol. The van der Waals surface area contributed by atoms with Gasteiger partial charge >= 0.3 is 0 Å². The molecule has 0 bridgehead atoms. The van der Waals surface area contributed by atoms with Crippen molar-refractivity contribution in [2.75, 3.05) is 27.2 Å². The molecule has 22 heavy (non-hydrogen) atoms. The van der Waals surface area contributed by atoms with E-state index in [0.29, 0.717) is 13.0 Å². The van der Waals surface area contributed by atoms with Crippen molar-refractivity contribution in [3.63, 3.8) is 0 Å². The summed E-state index contributed by atoms with van der Waals surface area (Å²) in [5.74, 6) is -0.588. The monoisotopic (exact) mass is 320 g/mol. The Morgan fingerprint density at radius 3 is 2.59 bits per heavy atom. The Morgan fingerprint density at radius 2 is 2.00 bits per heavy atom. The van der Waals surface area contributed by atoms with Gasteiger partial charge in [-0.15, -0.1) is 11.3 Å². The maximum atomic E-state index is 13.1. The molecule has 118 valence electrons. The fourth-order valence-electron chi connectivity index (χ4n) is 2.21. The van der Waals surface area contributed by atoms with Crippen molar-refractivity contribution in [3.05, 3.63) is 58.0 Å². The van der Waals surface area contributed by atoms with Gasteiger partial charge in [0.15, 0.2) is 0 Å². The Balaban J connectivity index is 2.10. The van der Waals surface area contributed by atoms with Gasteiger partial charge in [-0.1, -0.05) is 18.2 Å². The molecule has 0 aliphatic carbocycles. The number of hydrogen-bond acceptors (Lipinski definition) is 3. The number of halogens is 1. The lowest BCUT2D eigenvalue weighted by Crippen LogP contribution is -2.35. The molecule has 3 nitrogen and oxygen atoms in total. The topological polar surface area (TPSA) is 32.3 Å². The molecular formula is C17H21FN2OS. The highest BCUT2D eigenvalue weighted by Gasteiger charge is 2.21. The van der Waals surface area contributed by atoms with Crippen molar-refractivity contribution >= 4 is 17.2 Å². The summed E-state index contributed by atoms with van der Waals surface area (Å²) in [4.78, 5) is 15.7. The molecule has 0 radical (unpaired) electrons. The number of benzene rings is 1. The van der Waals surface area contributed by atoms with Crippen LogP contribution in [0.4, 0.5) is 4.39 Å². The van der Waals surface area contributed by atoms with Crippen LogP contribution in [0.5, 0.6) is 0 Å². The van der Waals surface area contributed by atoms with Gasteiger partial charge in [0.25, 0.3) is 0 Å². The first-order chi connectivity index (χ1) is 10.6. The molecule has 0 spiro atoms. The maximum Gasteiger partial charge on any atom is 0.227 e. The minimum atomic E-state index is -0.290. The standard InChI is InChI=1S/C17H21FN2OS/c1-20(2)10-9-19-17(21)16(12-15-4-3-11-22-15)13-5-7-14(18)8-6-13/h3-8,11,16H,9-10,12H2,1-2H3,(H,19,21). The summed E-state index contributed by atoms with van der Waals surface area (Å²) in [5, 5.41) is 4.97. The van der Waals surface area contributed by atoms with Crippen LogP contribution in [-0.4, -0.2) is 38.0 Å². The Kier molecular flexibility index (Phi) is 6.10. The number of likely N-dealkylation sites (N-methyl/N-ethyl adjacent to an activating group) is 1. The number of rotatable bonds is 7. The average molecular weight is 320 g/mol. The van der Waals surface area contributed by atoms with Crippen LogP contribution in [0.25, 0.3) is 0 Å². The van der Waals surface area contributed by atoms with E-state index in [-0.39, 0.29) is 17.6 Å². The summed E-state index contributed by atoms with van der Waals surface area (Å²) < 4.78 is 13.1.